The Morgan fingerprint density at radius 3 is 2.45 bits per heavy atom. The molecule has 0 radical (unpaired) electrons. The molecule has 7 rings (SSSR count). The third kappa shape index (κ3) is 10.1. The van der Waals surface area contributed by atoms with Crippen molar-refractivity contribution in [1.82, 2.24) is 15.2 Å². The molecule has 2 atom stereocenters. The third-order valence-corrected chi connectivity index (χ3v) is 10.2. The van der Waals surface area contributed by atoms with E-state index in [0.29, 0.717) is 42.1 Å². The van der Waals surface area contributed by atoms with E-state index >= 15 is 0 Å². The van der Waals surface area contributed by atoms with E-state index in [2.05, 4.69) is 15.2 Å². The third-order valence-electron chi connectivity index (χ3n) is 10.2. The quantitative estimate of drug-likeness (QED) is 0.0828. The van der Waals surface area contributed by atoms with E-state index in [1.54, 1.807) is 17.0 Å². The summed E-state index contributed by atoms with van der Waals surface area (Å²) in [5.74, 6) is 1.27. The molecule has 3 aliphatic rings. The highest BCUT2D eigenvalue weighted by molar-refractivity contribution is 5.88. The molecule has 272 valence electrons. The molecule has 3 fully saturated rings. The number of amides is 1. The number of fused-ring (bicyclic) bond motifs is 4. The van der Waals surface area contributed by atoms with Crippen LogP contribution in [0.5, 0.6) is 11.5 Å². The van der Waals surface area contributed by atoms with Gasteiger partial charge in [0.1, 0.15) is 17.6 Å². The maximum absolute atomic E-state index is 13.5. The molecule has 4 heterocycles. The zero-order chi connectivity index (χ0) is 35.4. The zero-order valence-electron chi connectivity index (χ0n) is 29.5. The maximum Gasteiger partial charge on any atom is 0.414 e. The largest absolute Gasteiger partial charge is 0.506 e. The molecule has 1 aromatic heterocycles. The number of pyridine rings is 1. The Hall–Kier alpha value is -4.38. The number of aromatic nitrogens is 1. The Balaban J connectivity index is 0.851. The van der Waals surface area contributed by atoms with Crippen LogP contribution >= 0.6 is 0 Å². The molecule has 2 bridgehead atoms. The monoisotopic (exact) mass is 696 g/mol. The number of anilines is 1. The van der Waals surface area contributed by atoms with Gasteiger partial charge in [0.2, 0.25) is 5.56 Å². The van der Waals surface area contributed by atoms with Crippen LogP contribution < -0.4 is 20.5 Å². The summed E-state index contributed by atoms with van der Waals surface area (Å²) in [7, 11) is 0. The highest BCUT2D eigenvalue weighted by Crippen LogP contribution is 2.31. The highest BCUT2D eigenvalue weighted by atomic mass is 16.6. The van der Waals surface area contributed by atoms with Crippen LogP contribution in [0.25, 0.3) is 10.9 Å². The van der Waals surface area contributed by atoms with Crippen molar-refractivity contribution in [2.75, 3.05) is 44.2 Å². The Kier molecular flexibility index (Phi) is 13.0. The summed E-state index contributed by atoms with van der Waals surface area (Å²) >= 11 is 0. The smallest absolute Gasteiger partial charge is 0.414 e. The number of phenolic OH excluding ortho intramolecular Hbond substituents is 1. The first-order valence-corrected chi connectivity index (χ1v) is 18.7. The van der Waals surface area contributed by atoms with Crippen LogP contribution in [0.1, 0.15) is 75.0 Å². The topological polar surface area (TPSA) is 127 Å². The second-order valence-corrected chi connectivity index (χ2v) is 14.0. The minimum atomic E-state index is -0.740. The summed E-state index contributed by atoms with van der Waals surface area (Å²) in [6.07, 6.45) is 8.91. The van der Waals surface area contributed by atoms with E-state index in [1.807, 2.05) is 54.6 Å². The van der Waals surface area contributed by atoms with Gasteiger partial charge in [-0.1, -0.05) is 68.5 Å². The lowest BCUT2D eigenvalue weighted by atomic mass is 9.86. The molecule has 1 amide bonds. The number of H-pyrrole nitrogens is 1. The SMILES string of the molecule is O=C(O[C@H]1CN2CCC1CC2)N(Cc1cccc(OCCCCCCCCCNC[C@H](O)c2ccc(O)c3[nH]c(=O)ccc23)c1)c1ccccc1. The number of hydrogen-bond acceptors (Lipinski definition) is 8. The number of hydrogen-bond donors (Lipinski definition) is 4. The van der Waals surface area contributed by atoms with Gasteiger partial charge in [0.25, 0.3) is 0 Å². The number of ether oxygens (including phenoxy) is 2. The van der Waals surface area contributed by atoms with Crippen molar-refractivity contribution in [3.8, 4) is 11.5 Å². The molecule has 10 nitrogen and oxygen atoms in total. The molecule has 3 saturated heterocycles. The van der Waals surface area contributed by atoms with Gasteiger partial charge in [-0.2, -0.15) is 0 Å². The van der Waals surface area contributed by atoms with Gasteiger partial charge in [-0.05, 0) is 98.8 Å². The van der Waals surface area contributed by atoms with Crippen LogP contribution in [0, 0.1) is 5.92 Å². The van der Waals surface area contributed by atoms with Crippen molar-refractivity contribution < 1.29 is 24.5 Å². The number of phenols is 1. The molecule has 4 aromatic rings. The standard InChI is InChI=1S/C41H52N4O6/c46-36-18-16-34(35-17-19-39(48)43-40(35)36)37(47)27-42-22-9-4-2-1-3-5-10-25-50-33-15-11-12-30(26-33)28-45(32-13-7-6-8-14-32)41(49)51-38-29-44-23-20-31(38)21-24-44/h6-8,11-19,26,31,37-38,42,46-47H,1-5,9-10,20-25,27-29H2,(H,43,48)/t37-,38-/m0/s1. The number of benzene rings is 3. The van der Waals surface area contributed by atoms with Crippen LogP contribution in [0.4, 0.5) is 10.5 Å². The molecule has 51 heavy (non-hydrogen) atoms. The molecular weight excluding hydrogens is 644 g/mol. The first-order chi connectivity index (χ1) is 24.9. The van der Waals surface area contributed by atoms with Crippen molar-refractivity contribution in [2.45, 2.75) is 76.5 Å². The molecule has 0 unspecified atom stereocenters. The van der Waals surface area contributed by atoms with Crippen molar-refractivity contribution in [3.63, 3.8) is 0 Å². The summed E-state index contributed by atoms with van der Waals surface area (Å²) in [4.78, 5) is 31.9. The molecule has 3 aliphatic heterocycles. The van der Waals surface area contributed by atoms with Gasteiger partial charge >= 0.3 is 6.09 Å². The number of aromatic amines is 1. The van der Waals surface area contributed by atoms with Gasteiger partial charge in [-0.25, -0.2) is 4.79 Å². The average molecular weight is 697 g/mol. The van der Waals surface area contributed by atoms with Crippen molar-refractivity contribution >= 4 is 22.7 Å². The second kappa shape index (κ2) is 18.2. The maximum atomic E-state index is 13.5. The average Bonchev–Trinajstić information content (AvgIpc) is 3.15. The fraction of sp³-hybridized carbons (Fsp3) is 0.463. The van der Waals surface area contributed by atoms with Crippen molar-refractivity contribution in [1.29, 1.82) is 0 Å². The number of nitrogens with zero attached hydrogens (tertiary/aromatic N) is 2. The number of carbonyl (C=O) groups is 1. The normalized spacial score (nSPS) is 18.8. The summed E-state index contributed by atoms with van der Waals surface area (Å²) in [6, 6.07) is 24.0. The minimum absolute atomic E-state index is 0.00800. The Morgan fingerprint density at radius 2 is 1.69 bits per heavy atom. The van der Waals surface area contributed by atoms with Gasteiger partial charge in [0.05, 0.1) is 24.8 Å². The number of carbonyl (C=O) groups excluding carboxylic acids is 1. The molecule has 0 spiro atoms. The Morgan fingerprint density at radius 1 is 0.922 bits per heavy atom. The van der Waals surface area contributed by atoms with E-state index in [4.69, 9.17) is 9.47 Å². The summed E-state index contributed by atoms with van der Waals surface area (Å²) < 4.78 is 12.2. The molecular formula is C41H52N4O6. The van der Waals surface area contributed by atoms with E-state index in [-0.39, 0.29) is 23.5 Å². The molecule has 4 N–H and O–H groups in total. The van der Waals surface area contributed by atoms with Gasteiger partial charge in [0, 0.05) is 30.2 Å². The molecule has 3 aromatic carbocycles. The second-order valence-electron chi connectivity index (χ2n) is 14.0. The first-order valence-electron chi connectivity index (χ1n) is 18.7. The fourth-order valence-electron chi connectivity index (χ4n) is 7.35. The number of aliphatic hydroxyl groups excluding tert-OH is 1. The predicted octanol–water partition coefficient (Wildman–Crippen LogP) is 6.90. The molecule has 0 aliphatic carbocycles. The Labute approximate surface area is 300 Å². The van der Waals surface area contributed by atoms with Crippen LogP contribution in [0.2, 0.25) is 0 Å². The van der Waals surface area contributed by atoms with Crippen LogP contribution in [-0.2, 0) is 11.3 Å². The molecule has 10 heteroatoms. The summed E-state index contributed by atoms with van der Waals surface area (Å²) in [5, 5.41) is 24.7. The Bertz CT molecular complexity index is 1760. The fourth-order valence-corrected chi connectivity index (χ4v) is 7.35. The number of unbranched alkanes of at least 4 members (excludes halogenated alkanes) is 6. The highest BCUT2D eigenvalue weighted by Gasteiger charge is 2.37. The van der Waals surface area contributed by atoms with Crippen molar-refractivity contribution in [2.24, 2.45) is 5.92 Å². The summed E-state index contributed by atoms with van der Waals surface area (Å²) in [5.41, 5.74) is 2.55. The number of nitrogens with one attached hydrogen (secondary N) is 2. The van der Waals surface area contributed by atoms with Crippen LogP contribution in [-0.4, -0.2) is 71.6 Å². The lowest BCUT2D eigenvalue weighted by molar-refractivity contribution is -0.0311. The van der Waals surface area contributed by atoms with Crippen LogP contribution in [0.3, 0.4) is 0 Å². The van der Waals surface area contributed by atoms with Gasteiger partial charge in [-0.3, -0.25) is 14.6 Å². The predicted molar refractivity (Wildman–Crippen MR) is 200 cm³/mol. The van der Waals surface area contributed by atoms with Crippen molar-refractivity contribution in [3.05, 3.63) is 100 Å². The summed E-state index contributed by atoms with van der Waals surface area (Å²) in [6.45, 7) is 5.34. The van der Waals surface area contributed by atoms with Gasteiger partial charge in [-0.15, -0.1) is 0 Å². The van der Waals surface area contributed by atoms with E-state index in [1.165, 1.54) is 31.4 Å². The van der Waals surface area contributed by atoms with E-state index in [9.17, 15) is 19.8 Å². The lowest BCUT2D eigenvalue weighted by Crippen LogP contribution is -2.53. The lowest BCUT2D eigenvalue weighted by Gasteiger charge is -2.44. The number of aliphatic hydroxyl groups is 1. The van der Waals surface area contributed by atoms with E-state index in [0.717, 1.165) is 81.7 Å². The van der Waals surface area contributed by atoms with Gasteiger partial charge in [0.15, 0.2) is 0 Å². The first kappa shape index (κ1) is 36.4. The number of para-hydroxylation sites is 1. The number of piperidine rings is 3. The molecule has 0 saturated carbocycles. The number of rotatable bonds is 18. The van der Waals surface area contributed by atoms with E-state index < -0.39 is 6.10 Å². The minimum Gasteiger partial charge on any atom is -0.506 e. The number of aromatic hydroxyl groups is 1. The zero-order valence-corrected chi connectivity index (χ0v) is 29.5. The van der Waals surface area contributed by atoms with Crippen LogP contribution in [0.15, 0.2) is 83.7 Å². The van der Waals surface area contributed by atoms with Gasteiger partial charge < -0.3 is 30.0 Å².